The highest BCUT2D eigenvalue weighted by Crippen LogP contribution is 2.27. The van der Waals surface area contributed by atoms with Gasteiger partial charge in [-0.05, 0) is 34.8 Å². The van der Waals surface area contributed by atoms with Crippen LogP contribution >= 0.6 is 0 Å². The lowest BCUT2D eigenvalue weighted by Gasteiger charge is -2.24. The van der Waals surface area contributed by atoms with Gasteiger partial charge in [-0.3, -0.25) is 0 Å². The van der Waals surface area contributed by atoms with Gasteiger partial charge in [-0.25, -0.2) is 0 Å². The van der Waals surface area contributed by atoms with E-state index >= 15 is 0 Å². The summed E-state index contributed by atoms with van der Waals surface area (Å²) in [6.45, 7) is 13.8. The van der Waals surface area contributed by atoms with Gasteiger partial charge < -0.3 is 0 Å². The molecule has 0 bridgehead atoms. The highest BCUT2D eigenvalue weighted by Gasteiger charge is 2.17. The third-order valence-electron chi connectivity index (χ3n) is 2.56. The Balaban J connectivity index is -0.000000171. The van der Waals surface area contributed by atoms with Crippen LogP contribution in [0.5, 0.6) is 0 Å². The monoisotopic (exact) mass is 298 g/mol. The third-order valence-corrected chi connectivity index (χ3v) is 2.56. The first kappa shape index (κ1) is 32.2. The zero-order valence-electron chi connectivity index (χ0n) is 11.7. The molecule has 0 radical (unpaired) electrons. The molecule has 130 valence electrons. The summed E-state index contributed by atoms with van der Waals surface area (Å²) in [4.78, 5) is 0. The summed E-state index contributed by atoms with van der Waals surface area (Å²) in [5.74, 6) is 0. The van der Waals surface area contributed by atoms with Gasteiger partial charge in [0.1, 0.15) is 0 Å². The van der Waals surface area contributed by atoms with E-state index < -0.39 is 0 Å². The third kappa shape index (κ3) is 13.9. The van der Waals surface area contributed by atoms with Gasteiger partial charge in [0.05, 0.1) is 0 Å². The summed E-state index contributed by atoms with van der Waals surface area (Å²) < 4.78 is 0. The van der Waals surface area contributed by atoms with Crippen molar-refractivity contribution < 1.29 is 0 Å². The molecule has 0 nitrogen and oxygen atoms in total. The molecule has 0 aliphatic carbocycles. The Morgan fingerprint density at radius 3 is 1.00 bits per heavy atom. The summed E-state index contributed by atoms with van der Waals surface area (Å²) in [5, 5.41) is 0. The normalized spacial score (nSPS) is 9.81. The Kier molecular flexibility index (Phi) is 18.2. The standard InChI is InChI=1S/C16H26.5CH4/c1-15(2,3)11-13-9-7-8-10-14(13)12-16(4,5)6;;;;;/h7-10H,11-12H2,1-6H3;5*1H4. The van der Waals surface area contributed by atoms with Crippen molar-refractivity contribution in [2.24, 2.45) is 10.8 Å². The summed E-state index contributed by atoms with van der Waals surface area (Å²) in [5.41, 5.74) is 3.77. The molecule has 0 fully saturated rings. The van der Waals surface area contributed by atoms with Gasteiger partial charge in [-0.2, -0.15) is 0 Å². The van der Waals surface area contributed by atoms with Crippen molar-refractivity contribution in [3.63, 3.8) is 0 Å². The molecule has 0 heterocycles. The zero-order valence-corrected chi connectivity index (χ0v) is 11.7. The minimum absolute atomic E-state index is 0. The molecule has 0 spiro atoms. The molecular weight excluding hydrogens is 252 g/mol. The first-order chi connectivity index (χ1) is 7.17. The number of hydrogen-bond acceptors (Lipinski definition) is 0. The second-order valence-electron chi connectivity index (χ2n) is 7.24. The summed E-state index contributed by atoms with van der Waals surface area (Å²) in [7, 11) is 0. The fraction of sp³-hybridized carbons (Fsp3) is 0.714. The van der Waals surface area contributed by atoms with Crippen LogP contribution in [-0.4, -0.2) is 0 Å². The molecule has 0 aliphatic heterocycles. The lowest BCUT2D eigenvalue weighted by atomic mass is 9.81. The summed E-state index contributed by atoms with van der Waals surface area (Å²) >= 11 is 0. The average Bonchev–Trinajstić information content (AvgIpc) is 2.03. The predicted molar refractivity (Wildman–Crippen MR) is 106 cm³/mol. The van der Waals surface area contributed by atoms with Crippen LogP contribution in [0.1, 0.15) is 89.8 Å². The molecule has 0 aromatic heterocycles. The zero-order chi connectivity index (χ0) is 12.4. The maximum atomic E-state index is 2.31. The van der Waals surface area contributed by atoms with Crippen molar-refractivity contribution in [2.75, 3.05) is 0 Å². The van der Waals surface area contributed by atoms with E-state index in [9.17, 15) is 0 Å². The van der Waals surface area contributed by atoms with Crippen LogP contribution in [0.4, 0.5) is 0 Å². The van der Waals surface area contributed by atoms with E-state index in [0.717, 1.165) is 0 Å². The second kappa shape index (κ2) is 11.8. The smallest absolute Gasteiger partial charge is 0.0227 e. The molecule has 21 heavy (non-hydrogen) atoms. The maximum absolute atomic E-state index is 2.31. The largest absolute Gasteiger partial charge is 0.0776 e. The molecule has 0 unspecified atom stereocenters. The first-order valence-corrected chi connectivity index (χ1v) is 6.24. The van der Waals surface area contributed by atoms with Crippen LogP contribution < -0.4 is 0 Å². The predicted octanol–water partition coefficient (Wildman–Crippen LogP) is 8.04. The fourth-order valence-corrected chi connectivity index (χ4v) is 2.05. The van der Waals surface area contributed by atoms with Crippen molar-refractivity contribution in [2.45, 2.75) is 91.5 Å². The molecule has 1 aromatic rings. The lowest BCUT2D eigenvalue weighted by Crippen LogP contribution is -2.15. The minimum Gasteiger partial charge on any atom is -0.0776 e. The van der Waals surface area contributed by atoms with E-state index in [0.29, 0.717) is 10.8 Å². The molecule has 1 rings (SSSR count). The topological polar surface area (TPSA) is 0 Å². The molecule has 1 aromatic carbocycles. The van der Waals surface area contributed by atoms with Gasteiger partial charge in [0.15, 0.2) is 0 Å². The van der Waals surface area contributed by atoms with E-state index in [1.54, 1.807) is 0 Å². The first-order valence-electron chi connectivity index (χ1n) is 6.24. The lowest BCUT2D eigenvalue weighted by molar-refractivity contribution is 0.392. The summed E-state index contributed by atoms with van der Waals surface area (Å²) in [6.07, 6.45) is 2.33. The molecule has 0 saturated heterocycles. The number of hydrogen-bond donors (Lipinski definition) is 0. The van der Waals surface area contributed by atoms with Crippen LogP contribution in [0.3, 0.4) is 0 Å². The van der Waals surface area contributed by atoms with E-state index in [1.165, 1.54) is 24.0 Å². The van der Waals surface area contributed by atoms with Gasteiger partial charge in [0.2, 0.25) is 0 Å². The van der Waals surface area contributed by atoms with Gasteiger partial charge in [-0.1, -0.05) is 103 Å². The molecule has 0 amide bonds. The Morgan fingerprint density at radius 2 is 0.810 bits per heavy atom. The Hall–Kier alpha value is -0.780. The SMILES string of the molecule is C.C.C.C.C.CC(C)(C)Cc1ccccc1CC(C)(C)C. The molecule has 0 atom stereocenters. The summed E-state index contributed by atoms with van der Waals surface area (Å²) in [6, 6.07) is 8.89. The van der Waals surface area contributed by atoms with E-state index in [2.05, 4.69) is 65.8 Å². The van der Waals surface area contributed by atoms with E-state index in [1.807, 2.05) is 0 Å². The van der Waals surface area contributed by atoms with Crippen LogP contribution in [0.15, 0.2) is 24.3 Å². The van der Waals surface area contributed by atoms with Gasteiger partial charge >= 0.3 is 0 Å². The molecule has 0 saturated carbocycles. The quantitative estimate of drug-likeness (QED) is 0.518. The van der Waals surface area contributed by atoms with Crippen LogP contribution in [-0.2, 0) is 12.8 Å². The number of rotatable bonds is 2. The molecule has 0 N–H and O–H groups in total. The molecule has 0 heteroatoms. The van der Waals surface area contributed by atoms with Gasteiger partial charge in [0, 0.05) is 0 Å². The fourth-order valence-electron chi connectivity index (χ4n) is 2.05. The van der Waals surface area contributed by atoms with Crippen molar-refractivity contribution in [3.8, 4) is 0 Å². The van der Waals surface area contributed by atoms with Gasteiger partial charge in [-0.15, -0.1) is 0 Å². The second-order valence-corrected chi connectivity index (χ2v) is 7.24. The minimum atomic E-state index is 0. The Morgan fingerprint density at radius 1 is 0.571 bits per heavy atom. The highest BCUT2D eigenvalue weighted by atomic mass is 14.2. The molecular formula is C21H46. The van der Waals surface area contributed by atoms with Crippen molar-refractivity contribution >= 4 is 0 Å². The highest BCUT2D eigenvalue weighted by molar-refractivity contribution is 5.28. The van der Waals surface area contributed by atoms with Crippen molar-refractivity contribution in [3.05, 3.63) is 35.4 Å². The van der Waals surface area contributed by atoms with Crippen LogP contribution in [0.2, 0.25) is 0 Å². The van der Waals surface area contributed by atoms with Crippen molar-refractivity contribution in [1.82, 2.24) is 0 Å². The van der Waals surface area contributed by atoms with Crippen LogP contribution in [0, 0.1) is 10.8 Å². The number of benzene rings is 1. The van der Waals surface area contributed by atoms with E-state index in [4.69, 9.17) is 0 Å². The molecule has 0 aliphatic rings. The van der Waals surface area contributed by atoms with Crippen LogP contribution in [0.25, 0.3) is 0 Å². The Bertz CT molecular complexity index is 299. The average molecular weight is 299 g/mol. The Labute approximate surface area is 138 Å². The maximum Gasteiger partial charge on any atom is -0.0227 e. The van der Waals surface area contributed by atoms with Gasteiger partial charge in [0.25, 0.3) is 0 Å². The van der Waals surface area contributed by atoms with Crippen molar-refractivity contribution in [1.29, 1.82) is 0 Å². The van der Waals surface area contributed by atoms with E-state index in [-0.39, 0.29) is 37.1 Å².